The first-order chi connectivity index (χ1) is 7.67. The highest BCUT2D eigenvalue weighted by Gasteiger charge is 2.15. The lowest BCUT2D eigenvalue weighted by atomic mass is 10.1. The molecule has 0 fully saturated rings. The molecule has 0 aliphatic heterocycles. The first-order valence-corrected chi connectivity index (χ1v) is 5.47. The van der Waals surface area contributed by atoms with E-state index in [-0.39, 0.29) is 5.91 Å². The zero-order valence-corrected chi connectivity index (χ0v) is 10.3. The third-order valence-electron chi connectivity index (χ3n) is 2.08. The van der Waals surface area contributed by atoms with E-state index < -0.39 is 6.04 Å². The van der Waals surface area contributed by atoms with Crippen LogP contribution in [-0.4, -0.2) is 19.0 Å². The van der Waals surface area contributed by atoms with Crippen molar-refractivity contribution < 1.29 is 4.79 Å². The Morgan fingerprint density at radius 2 is 2.19 bits per heavy atom. The Kier molecular flexibility index (Phi) is 4.82. The van der Waals surface area contributed by atoms with Gasteiger partial charge in [0.15, 0.2) is 0 Å². The summed E-state index contributed by atoms with van der Waals surface area (Å²) in [7, 11) is 1.52. The summed E-state index contributed by atoms with van der Waals surface area (Å²) in [6.07, 6.45) is 0.400. The van der Waals surface area contributed by atoms with Gasteiger partial charge < -0.3 is 5.32 Å². The van der Waals surface area contributed by atoms with Gasteiger partial charge in [0.1, 0.15) is 6.04 Å². The van der Waals surface area contributed by atoms with E-state index in [9.17, 15) is 4.79 Å². The molecule has 1 rings (SSSR count). The minimum absolute atomic E-state index is 0.277. The van der Waals surface area contributed by atoms with Crippen LogP contribution in [0.5, 0.6) is 0 Å². The van der Waals surface area contributed by atoms with Crippen molar-refractivity contribution in [2.75, 3.05) is 7.05 Å². The fraction of sp³-hybridized carbons (Fsp3) is 0.300. The molecule has 0 spiro atoms. The number of hydrogen-bond acceptors (Lipinski definition) is 2. The van der Waals surface area contributed by atoms with Crippen molar-refractivity contribution in [1.82, 2.24) is 5.32 Å². The molecule has 0 saturated carbocycles. The van der Waals surface area contributed by atoms with Gasteiger partial charge in [-0.05, 0) is 29.6 Å². The Morgan fingerprint density at radius 1 is 1.56 bits per heavy atom. The maximum Gasteiger partial charge on any atom is 0.229 e. The summed E-state index contributed by atoms with van der Waals surface area (Å²) in [5.74, 6) is -0.277. The average Bonchev–Trinajstić information content (AvgIpc) is 2.30. The Balaban J connectivity index is 2.79. The molecule has 16 heavy (non-hydrogen) atoms. The van der Waals surface area contributed by atoms with Crippen molar-refractivity contribution in [3.05, 3.63) is 44.7 Å². The first-order valence-electron chi connectivity index (χ1n) is 4.67. The number of halogens is 1. The van der Waals surface area contributed by atoms with E-state index >= 15 is 0 Å². The number of benzene rings is 1. The zero-order chi connectivity index (χ0) is 12.0. The minimum Gasteiger partial charge on any atom is -0.359 e. The summed E-state index contributed by atoms with van der Waals surface area (Å²) in [5, 5.41) is 5.94. The number of nitrogens with zero attached hydrogens (tertiary/aromatic N) is 3. The second kappa shape index (κ2) is 6.15. The number of carbonyl (C=O) groups excluding carboxylic acids is 1. The third-order valence-corrected chi connectivity index (χ3v) is 2.61. The molecule has 5 nitrogen and oxygen atoms in total. The summed E-state index contributed by atoms with van der Waals surface area (Å²) in [5.41, 5.74) is 9.32. The van der Waals surface area contributed by atoms with Gasteiger partial charge in [0.25, 0.3) is 0 Å². The van der Waals surface area contributed by atoms with Crippen molar-refractivity contribution in [2.45, 2.75) is 12.5 Å². The number of rotatable bonds is 4. The van der Waals surface area contributed by atoms with Crippen molar-refractivity contribution in [3.8, 4) is 0 Å². The van der Waals surface area contributed by atoms with Crippen LogP contribution >= 0.6 is 15.9 Å². The molecular weight excluding hydrogens is 272 g/mol. The number of likely N-dealkylation sites (N-methyl/N-ethyl adjacent to an activating group) is 1. The van der Waals surface area contributed by atoms with Gasteiger partial charge in [-0.15, -0.1) is 0 Å². The third kappa shape index (κ3) is 3.56. The monoisotopic (exact) mass is 282 g/mol. The topological polar surface area (TPSA) is 77.9 Å². The molecule has 6 heteroatoms. The van der Waals surface area contributed by atoms with E-state index in [1.807, 2.05) is 24.3 Å². The summed E-state index contributed by atoms with van der Waals surface area (Å²) in [6.45, 7) is 0. The van der Waals surface area contributed by atoms with Crippen LogP contribution in [0.2, 0.25) is 0 Å². The molecule has 0 aliphatic rings. The molecule has 0 unspecified atom stereocenters. The smallest absolute Gasteiger partial charge is 0.229 e. The lowest BCUT2D eigenvalue weighted by molar-refractivity contribution is -0.121. The number of carbonyl (C=O) groups is 1. The summed E-state index contributed by atoms with van der Waals surface area (Å²) < 4.78 is 0.969. The lowest BCUT2D eigenvalue weighted by Gasteiger charge is -2.09. The SMILES string of the molecule is CNC(=O)[C@H](Cc1ccc(Br)cc1)N=[N+]=[N-]. The van der Waals surface area contributed by atoms with Gasteiger partial charge in [0.05, 0.1) is 0 Å². The Morgan fingerprint density at radius 3 is 2.69 bits per heavy atom. The molecule has 1 atom stereocenters. The molecule has 0 saturated heterocycles. The second-order valence-corrected chi connectivity index (χ2v) is 4.08. The van der Waals surface area contributed by atoms with Crippen LogP contribution in [0, 0.1) is 0 Å². The first kappa shape index (κ1) is 12.5. The zero-order valence-electron chi connectivity index (χ0n) is 8.72. The molecule has 0 radical (unpaired) electrons. The fourth-order valence-corrected chi connectivity index (χ4v) is 1.52. The fourth-order valence-electron chi connectivity index (χ4n) is 1.26. The van der Waals surface area contributed by atoms with E-state index in [2.05, 4.69) is 31.3 Å². The molecule has 84 valence electrons. The summed E-state index contributed by atoms with van der Waals surface area (Å²) in [4.78, 5) is 14.1. The second-order valence-electron chi connectivity index (χ2n) is 3.17. The largest absolute Gasteiger partial charge is 0.359 e. The molecule has 1 amide bonds. The molecule has 0 aromatic heterocycles. The number of nitrogens with one attached hydrogen (secondary N) is 1. The van der Waals surface area contributed by atoms with Crippen molar-refractivity contribution in [1.29, 1.82) is 0 Å². The van der Waals surface area contributed by atoms with E-state index in [0.717, 1.165) is 10.0 Å². The van der Waals surface area contributed by atoms with Gasteiger partial charge in [0, 0.05) is 16.4 Å². The number of amides is 1. The van der Waals surface area contributed by atoms with Crippen LogP contribution in [0.1, 0.15) is 5.56 Å². The van der Waals surface area contributed by atoms with Crippen LogP contribution in [0.3, 0.4) is 0 Å². The number of azide groups is 1. The Bertz CT molecular complexity index is 411. The van der Waals surface area contributed by atoms with Gasteiger partial charge in [0.2, 0.25) is 5.91 Å². The van der Waals surface area contributed by atoms with Crippen molar-refractivity contribution in [2.24, 2.45) is 5.11 Å². The van der Waals surface area contributed by atoms with Crippen LogP contribution < -0.4 is 5.32 Å². The van der Waals surface area contributed by atoms with Crippen LogP contribution in [0.4, 0.5) is 0 Å². The molecular formula is C10H11BrN4O. The normalized spacial score (nSPS) is 11.4. The quantitative estimate of drug-likeness (QED) is 0.514. The molecule has 1 aromatic rings. The molecule has 0 bridgehead atoms. The average molecular weight is 283 g/mol. The predicted molar refractivity (Wildman–Crippen MR) is 64.8 cm³/mol. The van der Waals surface area contributed by atoms with Gasteiger partial charge in [-0.3, -0.25) is 4.79 Å². The van der Waals surface area contributed by atoms with Crippen LogP contribution in [-0.2, 0) is 11.2 Å². The lowest BCUT2D eigenvalue weighted by Crippen LogP contribution is -2.31. The summed E-state index contributed by atoms with van der Waals surface area (Å²) >= 11 is 3.32. The number of hydrogen-bond donors (Lipinski definition) is 1. The molecule has 0 aliphatic carbocycles. The molecule has 1 aromatic carbocycles. The van der Waals surface area contributed by atoms with E-state index in [1.165, 1.54) is 7.05 Å². The van der Waals surface area contributed by atoms with Crippen molar-refractivity contribution in [3.63, 3.8) is 0 Å². The van der Waals surface area contributed by atoms with Gasteiger partial charge in [-0.25, -0.2) is 0 Å². The Hall–Kier alpha value is -1.52. The molecule has 1 N–H and O–H groups in total. The Labute approximate surface area is 102 Å². The maximum absolute atomic E-state index is 11.4. The summed E-state index contributed by atoms with van der Waals surface area (Å²) in [6, 6.07) is 6.83. The van der Waals surface area contributed by atoms with Gasteiger partial charge in [-0.1, -0.05) is 33.2 Å². The van der Waals surface area contributed by atoms with Gasteiger partial charge in [-0.2, -0.15) is 0 Å². The highest BCUT2D eigenvalue weighted by Crippen LogP contribution is 2.13. The highest BCUT2D eigenvalue weighted by atomic mass is 79.9. The maximum atomic E-state index is 11.4. The standard InChI is InChI=1S/C10H11BrN4O/c1-13-10(16)9(14-15-12)6-7-2-4-8(11)5-3-7/h2-5,9H,6H2,1H3,(H,13,16)/t9-/m0/s1. The molecule has 0 heterocycles. The van der Waals surface area contributed by atoms with Crippen LogP contribution in [0.25, 0.3) is 10.4 Å². The van der Waals surface area contributed by atoms with E-state index in [4.69, 9.17) is 5.53 Å². The van der Waals surface area contributed by atoms with Crippen molar-refractivity contribution >= 4 is 21.8 Å². The van der Waals surface area contributed by atoms with Gasteiger partial charge >= 0.3 is 0 Å². The predicted octanol–water partition coefficient (Wildman–Crippen LogP) is 2.42. The van der Waals surface area contributed by atoms with Crippen LogP contribution in [0.15, 0.2) is 33.9 Å². The minimum atomic E-state index is -0.698. The highest BCUT2D eigenvalue weighted by molar-refractivity contribution is 9.10. The van der Waals surface area contributed by atoms with E-state index in [1.54, 1.807) is 0 Å². The van der Waals surface area contributed by atoms with E-state index in [0.29, 0.717) is 6.42 Å².